The van der Waals surface area contributed by atoms with Crippen molar-refractivity contribution in [2.45, 2.75) is 51.6 Å². The molecule has 0 spiro atoms. The molecule has 2 aliphatic heterocycles. The van der Waals surface area contributed by atoms with Gasteiger partial charge in [-0.05, 0) is 38.6 Å². The number of carbonyl (C=O) groups is 1. The van der Waals surface area contributed by atoms with Crippen molar-refractivity contribution in [2.75, 3.05) is 19.8 Å². The molecule has 0 aliphatic carbocycles. The van der Waals surface area contributed by atoms with Gasteiger partial charge in [0.1, 0.15) is 0 Å². The Hall–Kier alpha value is -0.610. The summed E-state index contributed by atoms with van der Waals surface area (Å²) in [7, 11) is 0. The van der Waals surface area contributed by atoms with Gasteiger partial charge < -0.3 is 15.4 Å². The minimum Gasteiger partial charge on any atom is -0.381 e. The van der Waals surface area contributed by atoms with E-state index in [9.17, 15) is 4.79 Å². The number of piperidine rings is 1. The fraction of sp³-hybridized carbons (Fsp3) is 0.929. The van der Waals surface area contributed by atoms with Crippen LogP contribution in [-0.2, 0) is 9.53 Å². The summed E-state index contributed by atoms with van der Waals surface area (Å²) in [6, 6.07) is 0.234. The quantitative estimate of drug-likeness (QED) is 0.795. The van der Waals surface area contributed by atoms with Crippen LogP contribution < -0.4 is 10.6 Å². The molecule has 0 aromatic heterocycles. The van der Waals surface area contributed by atoms with Crippen molar-refractivity contribution in [3.05, 3.63) is 0 Å². The lowest BCUT2D eigenvalue weighted by Gasteiger charge is -2.30. The maximum absolute atomic E-state index is 12.2. The van der Waals surface area contributed by atoms with Gasteiger partial charge in [0.15, 0.2) is 0 Å². The molecule has 2 heterocycles. The molecule has 2 N–H and O–H groups in total. The van der Waals surface area contributed by atoms with E-state index >= 15 is 0 Å². The molecule has 0 radical (unpaired) electrons. The zero-order valence-electron chi connectivity index (χ0n) is 11.6. The number of hydrogen-bond acceptors (Lipinski definition) is 3. The van der Waals surface area contributed by atoms with Gasteiger partial charge in [0.25, 0.3) is 0 Å². The summed E-state index contributed by atoms with van der Waals surface area (Å²) in [5, 5.41) is 6.49. The third kappa shape index (κ3) is 3.45. The lowest BCUT2D eigenvalue weighted by Crippen LogP contribution is -2.52. The molecule has 4 unspecified atom stereocenters. The first-order valence-corrected chi connectivity index (χ1v) is 7.32. The van der Waals surface area contributed by atoms with Crippen LogP contribution in [0.15, 0.2) is 0 Å². The molecule has 4 heteroatoms. The molecular weight excluding hydrogens is 228 g/mol. The van der Waals surface area contributed by atoms with Gasteiger partial charge in [-0.3, -0.25) is 4.79 Å². The smallest absolute Gasteiger partial charge is 0.237 e. The van der Waals surface area contributed by atoms with E-state index in [2.05, 4.69) is 24.5 Å². The second-order valence-corrected chi connectivity index (χ2v) is 5.73. The van der Waals surface area contributed by atoms with E-state index in [0.717, 1.165) is 32.6 Å². The summed E-state index contributed by atoms with van der Waals surface area (Å²) in [5.74, 6) is 1.36. The molecule has 2 aliphatic rings. The largest absolute Gasteiger partial charge is 0.381 e. The molecule has 0 saturated carbocycles. The van der Waals surface area contributed by atoms with Crippen LogP contribution in [-0.4, -0.2) is 37.7 Å². The Balaban J connectivity index is 1.79. The normalized spacial score (nSPS) is 34.2. The van der Waals surface area contributed by atoms with Crippen LogP contribution in [0.3, 0.4) is 0 Å². The van der Waals surface area contributed by atoms with Crippen molar-refractivity contribution in [1.29, 1.82) is 0 Å². The number of rotatable bonds is 4. The predicted molar refractivity (Wildman–Crippen MR) is 71.3 cm³/mol. The molecule has 0 aromatic rings. The predicted octanol–water partition coefficient (Wildman–Crippen LogP) is 1.31. The highest BCUT2D eigenvalue weighted by molar-refractivity contribution is 5.82. The Bertz CT molecular complexity index is 277. The van der Waals surface area contributed by atoms with Crippen molar-refractivity contribution < 1.29 is 9.53 Å². The summed E-state index contributed by atoms with van der Waals surface area (Å²) in [5.41, 5.74) is 0. The van der Waals surface area contributed by atoms with Gasteiger partial charge in [-0.1, -0.05) is 13.3 Å². The maximum Gasteiger partial charge on any atom is 0.237 e. The fourth-order valence-electron chi connectivity index (χ4n) is 2.96. The number of nitrogens with one attached hydrogen (secondary N) is 2. The Morgan fingerprint density at radius 1 is 1.50 bits per heavy atom. The third-order valence-corrected chi connectivity index (χ3v) is 4.45. The third-order valence-electron chi connectivity index (χ3n) is 4.45. The first kappa shape index (κ1) is 13.8. The van der Waals surface area contributed by atoms with Crippen molar-refractivity contribution in [3.8, 4) is 0 Å². The molecule has 0 aromatic carbocycles. The van der Waals surface area contributed by atoms with Crippen LogP contribution in [0.25, 0.3) is 0 Å². The van der Waals surface area contributed by atoms with Crippen LogP contribution in [0.5, 0.6) is 0 Å². The molecule has 2 fully saturated rings. The lowest BCUT2D eigenvalue weighted by molar-refractivity contribution is -0.125. The van der Waals surface area contributed by atoms with Gasteiger partial charge in [0.2, 0.25) is 5.91 Å². The molecule has 4 atom stereocenters. The van der Waals surface area contributed by atoms with E-state index < -0.39 is 0 Å². The topological polar surface area (TPSA) is 50.4 Å². The van der Waals surface area contributed by atoms with Crippen LogP contribution in [0.4, 0.5) is 0 Å². The minimum absolute atomic E-state index is 0.00784. The first-order valence-electron chi connectivity index (χ1n) is 7.32. The highest BCUT2D eigenvalue weighted by atomic mass is 16.5. The molecular formula is C14H26N2O2. The molecule has 2 saturated heterocycles. The van der Waals surface area contributed by atoms with E-state index in [-0.39, 0.29) is 18.0 Å². The zero-order chi connectivity index (χ0) is 13.0. The maximum atomic E-state index is 12.2. The molecule has 18 heavy (non-hydrogen) atoms. The van der Waals surface area contributed by atoms with Crippen LogP contribution in [0.1, 0.15) is 39.5 Å². The average Bonchev–Trinajstić information content (AvgIpc) is 2.92. The molecule has 0 bridgehead atoms. The molecule has 4 nitrogen and oxygen atoms in total. The summed E-state index contributed by atoms with van der Waals surface area (Å²) >= 11 is 0. The number of amides is 1. The Morgan fingerprint density at radius 3 is 3.00 bits per heavy atom. The highest BCUT2D eigenvalue weighted by Gasteiger charge is 2.29. The van der Waals surface area contributed by atoms with Crippen molar-refractivity contribution in [1.82, 2.24) is 10.6 Å². The highest BCUT2D eigenvalue weighted by Crippen LogP contribution is 2.20. The Morgan fingerprint density at radius 2 is 2.33 bits per heavy atom. The van der Waals surface area contributed by atoms with Crippen LogP contribution >= 0.6 is 0 Å². The second-order valence-electron chi connectivity index (χ2n) is 5.73. The van der Waals surface area contributed by atoms with Crippen LogP contribution in [0.2, 0.25) is 0 Å². The Kier molecular flexibility index (Phi) is 5.01. The van der Waals surface area contributed by atoms with E-state index in [0.29, 0.717) is 11.8 Å². The van der Waals surface area contributed by atoms with Crippen molar-refractivity contribution in [3.63, 3.8) is 0 Å². The van der Waals surface area contributed by atoms with Gasteiger partial charge in [0, 0.05) is 18.6 Å². The van der Waals surface area contributed by atoms with E-state index in [1.54, 1.807) is 0 Å². The van der Waals surface area contributed by atoms with E-state index in [1.165, 1.54) is 12.8 Å². The van der Waals surface area contributed by atoms with Gasteiger partial charge >= 0.3 is 0 Å². The summed E-state index contributed by atoms with van der Waals surface area (Å²) in [4.78, 5) is 12.2. The Labute approximate surface area is 110 Å². The van der Waals surface area contributed by atoms with Gasteiger partial charge in [-0.15, -0.1) is 0 Å². The molecule has 1 amide bonds. The van der Waals surface area contributed by atoms with Gasteiger partial charge in [-0.25, -0.2) is 0 Å². The van der Waals surface area contributed by atoms with E-state index in [1.807, 2.05) is 0 Å². The van der Waals surface area contributed by atoms with E-state index in [4.69, 9.17) is 4.74 Å². The summed E-state index contributed by atoms with van der Waals surface area (Å²) < 4.78 is 5.37. The zero-order valence-corrected chi connectivity index (χ0v) is 11.6. The van der Waals surface area contributed by atoms with Crippen LogP contribution in [0, 0.1) is 11.8 Å². The van der Waals surface area contributed by atoms with Crippen molar-refractivity contribution in [2.24, 2.45) is 11.8 Å². The SMILES string of the molecule is CCC1CCNC(C(=O)NC(C)C2CCOC2)C1. The summed E-state index contributed by atoms with van der Waals surface area (Å²) in [6.45, 7) is 6.90. The number of ether oxygens (including phenoxy) is 1. The summed E-state index contributed by atoms with van der Waals surface area (Å²) in [6.07, 6.45) is 4.43. The monoisotopic (exact) mass is 254 g/mol. The average molecular weight is 254 g/mol. The van der Waals surface area contributed by atoms with Gasteiger partial charge in [0.05, 0.1) is 12.6 Å². The molecule has 2 rings (SSSR count). The second kappa shape index (κ2) is 6.53. The number of hydrogen-bond donors (Lipinski definition) is 2. The standard InChI is InChI=1S/C14H26N2O2/c1-3-11-4-6-15-13(8-11)14(17)16-10(2)12-5-7-18-9-12/h10-13,15H,3-9H2,1-2H3,(H,16,17). The minimum atomic E-state index is 0.00784. The fourth-order valence-corrected chi connectivity index (χ4v) is 2.96. The molecule has 104 valence electrons. The van der Waals surface area contributed by atoms with Gasteiger partial charge in [-0.2, -0.15) is 0 Å². The van der Waals surface area contributed by atoms with Crippen molar-refractivity contribution >= 4 is 5.91 Å². The lowest BCUT2D eigenvalue weighted by atomic mass is 9.89. The first-order chi connectivity index (χ1) is 8.70. The number of carbonyl (C=O) groups excluding carboxylic acids is 1.